The third kappa shape index (κ3) is 10.4. The summed E-state index contributed by atoms with van der Waals surface area (Å²) in [5, 5.41) is 2.88. The number of hydrogen-bond acceptors (Lipinski definition) is 6. The number of nitrogens with one attached hydrogen (secondary N) is 1. The second-order valence-electron chi connectivity index (χ2n) is 9.93. The number of amides is 2. The quantitative estimate of drug-likeness (QED) is 0.344. The van der Waals surface area contributed by atoms with E-state index in [9.17, 15) is 18.0 Å². The van der Waals surface area contributed by atoms with E-state index in [2.05, 4.69) is 10.2 Å². The number of ether oxygens (including phenoxy) is 1. The lowest BCUT2D eigenvalue weighted by molar-refractivity contribution is -0.133. The average molecular weight is 633 g/mol. The van der Waals surface area contributed by atoms with Crippen LogP contribution in [0.3, 0.4) is 0 Å². The molecule has 0 bridgehead atoms. The van der Waals surface area contributed by atoms with E-state index in [0.717, 1.165) is 43.6 Å². The Hall–Kier alpha value is -2.04. The monoisotopic (exact) mass is 631 g/mol. The van der Waals surface area contributed by atoms with Crippen molar-refractivity contribution in [2.75, 3.05) is 39.0 Å². The van der Waals surface area contributed by atoms with Gasteiger partial charge in [0.25, 0.3) is 0 Å². The van der Waals surface area contributed by atoms with Gasteiger partial charge in [-0.15, -0.1) is 0 Å². The SMILES string of the molecule is CCN(C(=O)Cc1ccc(S(C)(=O)=O)cc1)C1CCN(CC[C@H](NC(=O)OCC(Cl)(Cl)Cl)c2ccccc2)CC1. The Morgan fingerprint density at radius 3 is 2.25 bits per heavy atom. The summed E-state index contributed by atoms with van der Waals surface area (Å²) in [4.78, 5) is 30.0. The second kappa shape index (κ2) is 14.7. The predicted octanol–water partition coefficient (Wildman–Crippen LogP) is 5.17. The number of likely N-dealkylation sites (tertiary alicyclic amines) is 1. The predicted molar refractivity (Wildman–Crippen MR) is 159 cm³/mol. The summed E-state index contributed by atoms with van der Waals surface area (Å²) >= 11 is 17.1. The topological polar surface area (TPSA) is 96.0 Å². The molecule has 1 heterocycles. The molecule has 0 unspecified atom stereocenters. The van der Waals surface area contributed by atoms with Gasteiger partial charge in [-0.1, -0.05) is 77.3 Å². The molecule has 1 aliphatic rings. The van der Waals surface area contributed by atoms with Crippen molar-refractivity contribution in [1.82, 2.24) is 15.1 Å². The summed E-state index contributed by atoms with van der Waals surface area (Å²) < 4.78 is 26.8. The van der Waals surface area contributed by atoms with E-state index >= 15 is 0 Å². The Balaban J connectivity index is 1.52. The van der Waals surface area contributed by atoms with Gasteiger partial charge in [0, 0.05) is 38.5 Å². The molecule has 12 heteroatoms. The number of carbonyl (C=O) groups is 2. The van der Waals surface area contributed by atoms with Gasteiger partial charge in [0.05, 0.1) is 17.4 Å². The molecule has 2 aromatic carbocycles. The van der Waals surface area contributed by atoms with Crippen molar-refractivity contribution in [2.45, 2.75) is 53.4 Å². The highest BCUT2D eigenvalue weighted by molar-refractivity contribution is 7.90. The Morgan fingerprint density at radius 2 is 1.70 bits per heavy atom. The average Bonchev–Trinajstić information content (AvgIpc) is 2.91. The van der Waals surface area contributed by atoms with Crippen LogP contribution in [-0.2, 0) is 25.8 Å². The minimum Gasteiger partial charge on any atom is -0.445 e. The van der Waals surface area contributed by atoms with Gasteiger partial charge in [-0.05, 0) is 49.4 Å². The van der Waals surface area contributed by atoms with E-state index in [1.807, 2.05) is 42.2 Å². The van der Waals surface area contributed by atoms with E-state index in [4.69, 9.17) is 39.5 Å². The van der Waals surface area contributed by atoms with Crippen molar-refractivity contribution in [1.29, 1.82) is 0 Å². The highest BCUT2D eigenvalue weighted by Crippen LogP contribution is 2.26. The summed E-state index contributed by atoms with van der Waals surface area (Å²) in [5.74, 6) is 0.0368. The molecule has 0 aliphatic carbocycles. The van der Waals surface area contributed by atoms with Crippen LogP contribution in [-0.4, -0.2) is 79.1 Å². The lowest BCUT2D eigenvalue weighted by Crippen LogP contribution is -2.48. The minimum atomic E-state index is -3.27. The molecule has 2 aromatic rings. The van der Waals surface area contributed by atoms with Gasteiger partial charge in [0.2, 0.25) is 9.70 Å². The molecule has 8 nitrogen and oxygen atoms in total. The van der Waals surface area contributed by atoms with Gasteiger partial charge in [-0.2, -0.15) is 0 Å². The smallest absolute Gasteiger partial charge is 0.407 e. The van der Waals surface area contributed by atoms with Gasteiger partial charge in [0.15, 0.2) is 9.84 Å². The maximum absolute atomic E-state index is 13.1. The van der Waals surface area contributed by atoms with E-state index in [-0.39, 0.29) is 35.9 Å². The number of nitrogens with zero attached hydrogens (tertiary/aromatic N) is 2. The molecule has 1 N–H and O–H groups in total. The molecule has 1 saturated heterocycles. The summed E-state index contributed by atoms with van der Waals surface area (Å²) in [7, 11) is -3.27. The number of sulfone groups is 1. The third-order valence-corrected chi connectivity index (χ3v) is 8.42. The van der Waals surface area contributed by atoms with Crippen LogP contribution in [0.15, 0.2) is 59.5 Å². The molecule has 0 saturated carbocycles. The molecule has 40 heavy (non-hydrogen) atoms. The maximum atomic E-state index is 13.1. The van der Waals surface area contributed by atoms with Crippen LogP contribution in [0.25, 0.3) is 0 Å². The first-order valence-corrected chi connectivity index (χ1v) is 16.2. The van der Waals surface area contributed by atoms with Crippen LogP contribution in [0, 0.1) is 0 Å². The van der Waals surface area contributed by atoms with E-state index in [1.165, 1.54) is 6.26 Å². The van der Waals surface area contributed by atoms with Crippen LogP contribution in [0.4, 0.5) is 4.79 Å². The Morgan fingerprint density at radius 1 is 1.07 bits per heavy atom. The molecule has 2 amide bonds. The van der Waals surface area contributed by atoms with Crippen molar-refractivity contribution in [3.63, 3.8) is 0 Å². The minimum absolute atomic E-state index is 0.0368. The van der Waals surface area contributed by atoms with Crippen LogP contribution in [0.1, 0.15) is 43.4 Å². The number of benzene rings is 2. The second-order valence-corrected chi connectivity index (χ2v) is 14.5. The number of carbonyl (C=O) groups excluding carboxylic acids is 2. The van der Waals surface area contributed by atoms with E-state index < -0.39 is 19.7 Å². The van der Waals surface area contributed by atoms with E-state index in [0.29, 0.717) is 13.0 Å². The fourth-order valence-electron chi connectivity index (χ4n) is 4.87. The summed E-state index contributed by atoms with van der Waals surface area (Å²) in [6.07, 6.45) is 3.11. The van der Waals surface area contributed by atoms with Crippen LogP contribution in [0.5, 0.6) is 0 Å². The zero-order valence-corrected chi connectivity index (χ0v) is 25.8. The van der Waals surface area contributed by atoms with Crippen molar-refractivity contribution in [3.05, 3.63) is 65.7 Å². The number of alkyl carbamates (subject to hydrolysis) is 1. The van der Waals surface area contributed by atoms with Crippen molar-refractivity contribution >= 4 is 56.6 Å². The first-order chi connectivity index (χ1) is 18.9. The fraction of sp³-hybridized carbons (Fsp3) is 0.500. The molecule has 1 atom stereocenters. The zero-order chi connectivity index (χ0) is 29.3. The lowest BCUT2D eigenvalue weighted by atomic mass is 10.00. The summed E-state index contributed by atoms with van der Waals surface area (Å²) in [5.41, 5.74) is 1.75. The van der Waals surface area contributed by atoms with Gasteiger partial charge in [0.1, 0.15) is 6.61 Å². The molecule has 0 aromatic heterocycles. The number of rotatable bonds is 11. The first-order valence-electron chi connectivity index (χ1n) is 13.2. The van der Waals surface area contributed by atoms with Crippen molar-refractivity contribution < 1.29 is 22.7 Å². The lowest BCUT2D eigenvalue weighted by Gasteiger charge is -2.38. The van der Waals surface area contributed by atoms with Gasteiger partial charge >= 0.3 is 6.09 Å². The Labute approximate surface area is 251 Å². The number of likely N-dealkylation sites (N-methyl/N-ethyl adjacent to an activating group) is 1. The third-order valence-electron chi connectivity index (χ3n) is 6.96. The first kappa shape index (κ1) is 32.5. The summed E-state index contributed by atoms with van der Waals surface area (Å²) in [6, 6.07) is 16.0. The van der Waals surface area contributed by atoms with Crippen molar-refractivity contribution in [3.8, 4) is 0 Å². The van der Waals surface area contributed by atoms with Crippen molar-refractivity contribution in [2.24, 2.45) is 0 Å². The number of hydrogen-bond donors (Lipinski definition) is 1. The van der Waals surface area contributed by atoms with Gasteiger partial charge in [-0.3, -0.25) is 4.79 Å². The Bertz CT molecular complexity index is 1220. The molecule has 0 radical (unpaired) electrons. The molecular weight excluding hydrogens is 597 g/mol. The number of piperidine rings is 1. The molecular formula is C28H36Cl3N3O5S. The molecule has 1 fully saturated rings. The van der Waals surface area contributed by atoms with Crippen LogP contribution >= 0.6 is 34.8 Å². The highest BCUT2D eigenvalue weighted by Gasteiger charge is 2.28. The largest absolute Gasteiger partial charge is 0.445 e. The highest BCUT2D eigenvalue weighted by atomic mass is 35.6. The van der Waals surface area contributed by atoms with E-state index in [1.54, 1.807) is 24.3 Å². The molecule has 0 spiro atoms. The molecule has 3 rings (SSSR count). The zero-order valence-electron chi connectivity index (χ0n) is 22.7. The Kier molecular flexibility index (Phi) is 12.0. The number of halogens is 3. The molecule has 220 valence electrons. The normalized spacial score (nSPS) is 15.8. The molecule has 1 aliphatic heterocycles. The summed E-state index contributed by atoms with van der Waals surface area (Å²) in [6.45, 7) is 4.66. The maximum Gasteiger partial charge on any atom is 0.407 e. The standard InChI is InChI=1S/C28H36Cl3N3O5S/c1-3-34(26(35)19-21-9-11-24(12-10-21)40(2,37)38)23-13-16-33(17-14-23)18-15-25(22-7-5-4-6-8-22)32-27(36)39-20-28(29,30)31/h4-12,23,25H,3,13-20H2,1-2H3,(H,32,36)/t25-/m0/s1. The number of alkyl halides is 3. The van der Waals surface area contributed by atoms with Crippen LogP contribution in [0.2, 0.25) is 0 Å². The van der Waals surface area contributed by atoms with Crippen LogP contribution < -0.4 is 5.32 Å². The van der Waals surface area contributed by atoms with Gasteiger partial charge in [-0.25, -0.2) is 13.2 Å². The fourth-order valence-corrected chi connectivity index (χ4v) is 5.67. The van der Waals surface area contributed by atoms with Gasteiger partial charge < -0.3 is 19.9 Å².